The van der Waals surface area contributed by atoms with Gasteiger partial charge in [0.15, 0.2) is 0 Å². The van der Waals surface area contributed by atoms with Crippen LogP contribution in [0.4, 0.5) is 0 Å². The molecule has 0 heterocycles. The van der Waals surface area contributed by atoms with Crippen molar-refractivity contribution < 1.29 is 51.5 Å². The van der Waals surface area contributed by atoms with Gasteiger partial charge in [0.25, 0.3) is 0 Å². The van der Waals surface area contributed by atoms with Gasteiger partial charge in [0, 0.05) is 36.5 Å². The molecular formula is C7H6CuO3Zn. The summed E-state index contributed by atoms with van der Waals surface area (Å²) in [5.41, 5.74) is 0.338. The second-order valence-electron chi connectivity index (χ2n) is 1.74. The average molecular weight is 267 g/mol. The monoisotopic (exact) mass is 265 g/mol. The van der Waals surface area contributed by atoms with Crippen molar-refractivity contribution >= 4 is 5.97 Å². The first-order valence-corrected chi connectivity index (χ1v) is 2.75. The molecule has 1 rings (SSSR count). The molecule has 0 spiro atoms. The SMILES string of the molecule is O=C(OO)c1ccccc1.[Cu].[Zn]. The Balaban J connectivity index is 0. The van der Waals surface area contributed by atoms with Gasteiger partial charge in [0.2, 0.25) is 0 Å². The molecule has 5 heteroatoms. The van der Waals surface area contributed by atoms with Crippen LogP contribution in [0.25, 0.3) is 0 Å². The topological polar surface area (TPSA) is 46.5 Å². The average Bonchev–Trinajstić information content (AvgIpc) is 2.05. The summed E-state index contributed by atoms with van der Waals surface area (Å²) in [6, 6.07) is 8.25. The maximum absolute atomic E-state index is 10.5. The van der Waals surface area contributed by atoms with Crippen molar-refractivity contribution in [3.05, 3.63) is 35.9 Å². The second kappa shape index (κ2) is 7.44. The van der Waals surface area contributed by atoms with Gasteiger partial charge < -0.3 is 0 Å². The number of rotatable bonds is 1. The summed E-state index contributed by atoms with van der Waals surface area (Å²) in [6.07, 6.45) is 0. The zero-order valence-electron chi connectivity index (χ0n) is 6.16. The van der Waals surface area contributed by atoms with Crippen LogP contribution in [0.5, 0.6) is 0 Å². The Labute approximate surface area is 93.3 Å². The van der Waals surface area contributed by atoms with E-state index in [0.29, 0.717) is 5.56 Å². The van der Waals surface area contributed by atoms with E-state index in [2.05, 4.69) is 4.89 Å². The number of carbonyl (C=O) groups is 1. The third kappa shape index (κ3) is 3.98. The van der Waals surface area contributed by atoms with Gasteiger partial charge in [-0.15, -0.1) is 0 Å². The van der Waals surface area contributed by atoms with Gasteiger partial charge in [-0.2, -0.15) is 5.26 Å². The van der Waals surface area contributed by atoms with Crippen molar-refractivity contribution in [3.8, 4) is 0 Å². The van der Waals surface area contributed by atoms with Crippen LogP contribution >= 0.6 is 0 Å². The maximum Gasteiger partial charge on any atom is 0.372 e. The Bertz CT molecular complexity index is 227. The predicted molar refractivity (Wildman–Crippen MR) is 34.5 cm³/mol. The zero-order valence-corrected chi connectivity index (χ0v) is 10.1. The minimum Gasteiger partial charge on any atom is -0.296 e. The van der Waals surface area contributed by atoms with E-state index in [0.717, 1.165) is 0 Å². The summed E-state index contributed by atoms with van der Waals surface area (Å²) in [5, 5.41) is 7.94. The predicted octanol–water partition coefficient (Wildman–Crippen LogP) is 1.31. The van der Waals surface area contributed by atoms with Crippen molar-refractivity contribution in [2.24, 2.45) is 0 Å². The minimum absolute atomic E-state index is 0. The third-order valence-corrected chi connectivity index (χ3v) is 1.09. The maximum atomic E-state index is 10.5. The van der Waals surface area contributed by atoms with Crippen molar-refractivity contribution in [1.82, 2.24) is 0 Å². The van der Waals surface area contributed by atoms with E-state index < -0.39 is 5.97 Å². The fourth-order valence-corrected chi connectivity index (χ4v) is 0.627. The Morgan fingerprint density at radius 3 is 2.17 bits per heavy atom. The second-order valence-corrected chi connectivity index (χ2v) is 1.74. The van der Waals surface area contributed by atoms with Gasteiger partial charge in [-0.3, -0.25) is 4.89 Å². The Hall–Kier alpha value is -0.207. The van der Waals surface area contributed by atoms with E-state index in [4.69, 9.17) is 5.26 Å². The molecule has 0 aliphatic heterocycles. The van der Waals surface area contributed by atoms with E-state index in [1.165, 1.54) is 0 Å². The molecule has 1 radical (unpaired) electrons. The molecule has 0 saturated carbocycles. The van der Waals surface area contributed by atoms with Gasteiger partial charge >= 0.3 is 5.97 Å². The molecule has 0 aliphatic rings. The molecule has 1 aromatic carbocycles. The van der Waals surface area contributed by atoms with Gasteiger partial charge in [0.1, 0.15) is 0 Å². The minimum atomic E-state index is -0.736. The molecule has 0 atom stereocenters. The molecule has 0 aromatic heterocycles. The molecule has 0 saturated heterocycles. The molecule has 1 N–H and O–H groups in total. The normalized spacial score (nSPS) is 7.42. The largest absolute Gasteiger partial charge is 0.372 e. The van der Waals surface area contributed by atoms with Crippen LogP contribution in [0.3, 0.4) is 0 Å². The molecule has 0 amide bonds. The third-order valence-electron chi connectivity index (χ3n) is 1.09. The smallest absolute Gasteiger partial charge is 0.296 e. The van der Waals surface area contributed by atoms with E-state index in [-0.39, 0.29) is 36.5 Å². The molecule has 65 valence electrons. The van der Waals surface area contributed by atoms with Crippen LogP contribution in [0.15, 0.2) is 30.3 Å². The van der Waals surface area contributed by atoms with Crippen LogP contribution in [0.1, 0.15) is 10.4 Å². The molecule has 12 heavy (non-hydrogen) atoms. The van der Waals surface area contributed by atoms with Crippen LogP contribution in [-0.4, -0.2) is 11.2 Å². The first-order chi connectivity index (χ1) is 4.84. The van der Waals surface area contributed by atoms with E-state index in [1.807, 2.05) is 0 Å². The van der Waals surface area contributed by atoms with Crippen molar-refractivity contribution in [2.45, 2.75) is 0 Å². The van der Waals surface area contributed by atoms with Crippen LogP contribution in [-0.2, 0) is 41.4 Å². The van der Waals surface area contributed by atoms with Crippen LogP contribution < -0.4 is 0 Å². The fourth-order valence-electron chi connectivity index (χ4n) is 0.627. The summed E-state index contributed by atoms with van der Waals surface area (Å²) in [4.78, 5) is 14.0. The van der Waals surface area contributed by atoms with Crippen molar-refractivity contribution in [1.29, 1.82) is 0 Å². The molecule has 0 fully saturated rings. The van der Waals surface area contributed by atoms with Gasteiger partial charge in [0.05, 0.1) is 5.56 Å². The van der Waals surface area contributed by atoms with Gasteiger partial charge in [-0.05, 0) is 12.1 Å². The molecular weight excluding hydrogens is 261 g/mol. The van der Waals surface area contributed by atoms with Crippen molar-refractivity contribution in [2.75, 3.05) is 0 Å². The van der Waals surface area contributed by atoms with Crippen LogP contribution in [0.2, 0.25) is 0 Å². The fraction of sp³-hybridized carbons (Fsp3) is 0. The summed E-state index contributed by atoms with van der Waals surface area (Å²) < 4.78 is 0. The molecule has 0 unspecified atom stereocenters. The number of carbonyl (C=O) groups excluding carboxylic acids is 1. The summed E-state index contributed by atoms with van der Waals surface area (Å²) in [5.74, 6) is -0.736. The van der Waals surface area contributed by atoms with Gasteiger partial charge in [-0.1, -0.05) is 18.2 Å². The van der Waals surface area contributed by atoms with E-state index >= 15 is 0 Å². The molecule has 0 aliphatic carbocycles. The van der Waals surface area contributed by atoms with E-state index in [9.17, 15) is 4.79 Å². The Morgan fingerprint density at radius 1 is 1.25 bits per heavy atom. The Kier molecular flexibility index (Phi) is 8.88. The van der Waals surface area contributed by atoms with Crippen molar-refractivity contribution in [3.63, 3.8) is 0 Å². The first kappa shape index (κ1) is 14.3. The first-order valence-electron chi connectivity index (χ1n) is 2.75. The zero-order chi connectivity index (χ0) is 7.40. The number of benzene rings is 1. The quantitative estimate of drug-likeness (QED) is 0.474. The summed E-state index contributed by atoms with van der Waals surface area (Å²) >= 11 is 0. The number of hydrogen-bond donors (Lipinski definition) is 1. The number of hydrogen-bond acceptors (Lipinski definition) is 3. The summed E-state index contributed by atoms with van der Waals surface area (Å²) in [7, 11) is 0. The van der Waals surface area contributed by atoms with Gasteiger partial charge in [-0.25, -0.2) is 4.79 Å². The van der Waals surface area contributed by atoms with E-state index in [1.54, 1.807) is 30.3 Å². The molecule has 1 aromatic rings. The standard InChI is InChI=1S/C7H6O3.Cu.Zn/c8-7(10-9)6-4-2-1-3-5-6;;/h1-5,9H;;. The molecule has 3 nitrogen and oxygen atoms in total. The molecule has 0 bridgehead atoms. The Morgan fingerprint density at radius 2 is 1.75 bits per heavy atom. The van der Waals surface area contributed by atoms with Crippen LogP contribution in [0, 0.1) is 0 Å². The summed E-state index contributed by atoms with van der Waals surface area (Å²) in [6.45, 7) is 0.